The zero-order chi connectivity index (χ0) is 28.0. The summed E-state index contributed by atoms with van der Waals surface area (Å²) in [5.41, 5.74) is 1.23. The molecule has 0 aliphatic rings. The van der Waals surface area contributed by atoms with E-state index < -0.39 is 47.9 Å². The minimum atomic E-state index is -4.89. The lowest BCUT2D eigenvalue weighted by Crippen LogP contribution is -2.45. The summed E-state index contributed by atoms with van der Waals surface area (Å²) in [7, 11) is 0. The fourth-order valence-corrected chi connectivity index (χ4v) is 4.81. The maximum atomic E-state index is 13.1. The van der Waals surface area contributed by atoms with Crippen molar-refractivity contribution in [1.82, 2.24) is 9.88 Å². The van der Waals surface area contributed by atoms with Crippen molar-refractivity contribution in [3.63, 3.8) is 0 Å². The Kier molecular flexibility index (Phi) is 8.75. The number of nitrogens with one attached hydrogen (secondary N) is 2. The van der Waals surface area contributed by atoms with Crippen LogP contribution in [0.1, 0.15) is 12.8 Å². The molecule has 2 N–H and O–H groups in total. The Balaban J connectivity index is 1.43. The molecule has 1 atom stereocenters. The van der Waals surface area contributed by atoms with Crippen LogP contribution in [0.15, 0.2) is 75.9 Å². The van der Waals surface area contributed by atoms with Gasteiger partial charge in [0.25, 0.3) is 0 Å². The van der Waals surface area contributed by atoms with Crippen LogP contribution in [-0.4, -0.2) is 45.9 Å². The number of hydrogen-bond acceptors (Lipinski definition) is 6. The van der Waals surface area contributed by atoms with E-state index in [-0.39, 0.29) is 18.6 Å². The van der Waals surface area contributed by atoms with Crippen LogP contribution in [0.25, 0.3) is 21.9 Å². The summed E-state index contributed by atoms with van der Waals surface area (Å²) in [4.78, 5) is 49.3. The number of oxazole rings is 1. The van der Waals surface area contributed by atoms with Crippen molar-refractivity contribution in [2.45, 2.75) is 31.6 Å². The Morgan fingerprint density at radius 1 is 0.974 bits per heavy atom. The minimum absolute atomic E-state index is 0.0966. The van der Waals surface area contributed by atoms with E-state index in [1.54, 1.807) is 36.4 Å². The van der Waals surface area contributed by atoms with E-state index in [4.69, 9.17) is 4.42 Å². The first-order chi connectivity index (χ1) is 18.6. The third-order valence-corrected chi connectivity index (χ3v) is 6.92. The number of halogens is 3. The number of hydrogen-bond donors (Lipinski definition) is 2. The molecule has 39 heavy (non-hydrogen) atoms. The fraction of sp³-hybridized carbons (Fsp3) is 0.259. The van der Waals surface area contributed by atoms with Gasteiger partial charge in [0.15, 0.2) is 5.58 Å². The van der Waals surface area contributed by atoms with Gasteiger partial charge in [-0.3, -0.25) is 19.0 Å². The van der Waals surface area contributed by atoms with Gasteiger partial charge in [0.05, 0.1) is 11.3 Å². The lowest BCUT2D eigenvalue weighted by atomic mass is 10.1. The molecular formula is C27H24F3N3O5S. The molecule has 0 bridgehead atoms. The number of rotatable bonds is 11. The van der Waals surface area contributed by atoms with Crippen LogP contribution in [0.3, 0.4) is 0 Å². The van der Waals surface area contributed by atoms with Gasteiger partial charge in [0.2, 0.25) is 17.6 Å². The lowest BCUT2D eigenvalue weighted by Gasteiger charge is -2.19. The van der Waals surface area contributed by atoms with Crippen LogP contribution in [0, 0.1) is 0 Å². The van der Waals surface area contributed by atoms with Crippen LogP contribution < -0.4 is 16.4 Å². The van der Waals surface area contributed by atoms with Gasteiger partial charge in [-0.1, -0.05) is 42.5 Å². The summed E-state index contributed by atoms with van der Waals surface area (Å²) >= 11 is 0.802. The molecule has 0 saturated carbocycles. The number of para-hydroxylation sites is 2. The smallest absolute Gasteiger partial charge is 0.408 e. The van der Waals surface area contributed by atoms with Crippen molar-refractivity contribution in [2.75, 3.05) is 16.8 Å². The minimum Gasteiger partial charge on any atom is -0.408 e. The molecule has 3 aromatic carbocycles. The number of ketones is 1. The van der Waals surface area contributed by atoms with Crippen molar-refractivity contribution >= 4 is 56.9 Å². The van der Waals surface area contributed by atoms with Gasteiger partial charge < -0.3 is 15.1 Å². The zero-order valence-electron chi connectivity index (χ0n) is 20.5. The summed E-state index contributed by atoms with van der Waals surface area (Å²) in [5.74, 6) is -4.26. The number of aromatic nitrogens is 1. The Morgan fingerprint density at radius 3 is 2.46 bits per heavy atom. The van der Waals surface area contributed by atoms with Gasteiger partial charge in [-0.2, -0.15) is 24.9 Å². The first kappa shape index (κ1) is 28.0. The third-order valence-electron chi connectivity index (χ3n) is 5.87. The van der Waals surface area contributed by atoms with Gasteiger partial charge in [-0.15, -0.1) is 0 Å². The van der Waals surface area contributed by atoms with Crippen LogP contribution in [0.2, 0.25) is 0 Å². The summed E-state index contributed by atoms with van der Waals surface area (Å²) in [6.07, 6.45) is -4.54. The molecule has 0 radical (unpaired) electrons. The van der Waals surface area contributed by atoms with E-state index in [1.165, 1.54) is 0 Å². The predicted molar refractivity (Wildman–Crippen MR) is 143 cm³/mol. The van der Waals surface area contributed by atoms with Crippen LogP contribution in [0.4, 0.5) is 18.9 Å². The third kappa shape index (κ3) is 7.29. The van der Waals surface area contributed by atoms with Crippen LogP contribution >= 0.6 is 11.8 Å². The normalized spacial score (nSPS) is 12.4. The fourth-order valence-electron chi connectivity index (χ4n) is 3.95. The van der Waals surface area contributed by atoms with Crippen molar-refractivity contribution in [1.29, 1.82) is 0 Å². The largest absolute Gasteiger partial charge is 0.450 e. The highest BCUT2D eigenvalue weighted by Crippen LogP contribution is 2.21. The number of carbonyl (C=O) groups excluding carboxylic acids is 3. The number of nitrogens with zero attached hydrogens (tertiary/aromatic N) is 1. The van der Waals surface area contributed by atoms with Crippen molar-refractivity contribution in [3.8, 4) is 0 Å². The highest BCUT2D eigenvalue weighted by Gasteiger charge is 2.37. The number of amides is 2. The number of alkyl halides is 3. The topological polar surface area (TPSA) is 110 Å². The van der Waals surface area contributed by atoms with Crippen molar-refractivity contribution in [3.05, 3.63) is 77.3 Å². The second-order valence-electron chi connectivity index (χ2n) is 8.71. The number of Topliss-reactive ketones (excluding diaryl/α,β-unsaturated/α-hetero) is 1. The molecular weight excluding hydrogens is 535 g/mol. The van der Waals surface area contributed by atoms with Crippen molar-refractivity contribution < 1.29 is 32.0 Å². The monoisotopic (exact) mass is 559 g/mol. The number of carbonyl (C=O) groups is 3. The van der Waals surface area contributed by atoms with Crippen molar-refractivity contribution in [2.24, 2.45) is 0 Å². The van der Waals surface area contributed by atoms with Gasteiger partial charge in [0.1, 0.15) is 12.6 Å². The Hall–Kier alpha value is -4.06. The number of fused-ring (bicyclic) bond motifs is 2. The second-order valence-corrected chi connectivity index (χ2v) is 9.81. The Labute approximate surface area is 224 Å². The molecule has 204 valence electrons. The van der Waals surface area contributed by atoms with E-state index in [9.17, 15) is 32.3 Å². The first-order valence-corrected chi connectivity index (χ1v) is 13.1. The van der Waals surface area contributed by atoms with Gasteiger partial charge in [-0.25, -0.2) is 4.79 Å². The molecule has 1 aromatic heterocycles. The highest BCUT2D eigenvalue weighted by atomic mass is 32.2. The number of anilines is 1. The number of thioether (sulfide) groups is 1. The summed E-state index contributed by atoms with van der Waals surface area (Å²) in [5, 5.41) is 7.26. The maximum Gasteiger partial charge on any atom is 0.450 e. The quantitative estimate of drug-likeness (QED) is 0.262. The number of benzene rings is 3. The molecule has 2 amide bonds. The summed E-state index contributed by atoms with van der Waals surface area (Å²) < 4.78 is 43.6. The Bertz CT molecular complexity index is 1560. The molecule has 0 fully saturated rings. The SMILES string of the molecule is O=C(Cn1c(=O)oc2ccccc21)N[C@@H](CCCSCC(=O)C(F)(F)F)C(=O)Nc1ccc2ccccc2c1. The predicted octanol–water partition coefficient (Wildman–Crippen LogP) is 4.52. The Morgan fingerprint density at radius 2 is 1.69 bits per heavy atom. The molecule has 0 unspecified atom stereocenters. The molecule has 0 aliphatic heterocycles. The first-order valence-electron chi connectivity index (χ1n) is 12.0. The van der Waals surface area contributed by atoms with Gasteiger partial charge in [0, 0.05) is 5.69 Å². The van der Waals surface area contributed by atoms with E-state index in [1.807, 2.05) is 30.3 Å². The molecule has 0 spiro atoms. The molecule has 4 aromatic rings. The molecule has 0 aliphatic carbocycles. The zero-order valence-corrected chi connectivity index (χ0v) is 21.3. The van der Waals surface area contributed by atoms with Crippen LogP contribution in [0.5, 0.6) is 0 Å². The average molecular weight is 560 g/mol. The molecule has 12 heteroatoms. The van der Waals surface area contributed by atoms with Crippen LogP contribution in [-0.2, 0) is 20.9 Å². The van der Waals surface area contributed by atoms with E-state index >= 15 is 0 Å². The second kappa shape index (κ2) is 12.2. The van der Waals surface area contributed by atoms with Gasteiger partial charge in [-0.05, 0) is 53.6 Å². The van der Waals surface area contributed by atoms with E-state index in [2.05, 4.69) is 10.6 Å². The summed E-state index contributed by atoms with van der Waals surface area (Å²) in [6, 6.07) is 18.4. The molecule has 1 heterocycles. The standard InChI is InChI=1S/C27H24F3N3O5S/c28-27(29,30)23(34)16-39-13-5-8-20(25(36)31-19-12-11-17-6-1-2-7-18(17)14-19)32-24(35)15-33-21-9-3-4-10-22(21)38-26(33)37/h1-4,6-7,9-12,14,20H,5,8,13,15-16H2,(H,31,36)(H,32,35)/t20-/m0/s1. The highest BCUT2D eigenvalue weighted by molar-refractivity contribution is 7.99. The molecule has 0 saturated heterocycles. The van der Waals surface area contributed by atoms with E-state index in [0.717, 1.165) is 27.1 Å². The summed E-state index contributed by atoms with van der Waals surface area (Å²) in [6.45, 7) is -0.398. The van der Waals surface area contributed by atoms with Gasteiger partial charge >= 0.3 is 11.9 Å². The molecule has 8 nitrogen and oxygen atoms in total. The average Bonchev–Trinajstić information content (AvgIpc) is 3.21. The lowest BCUT2D eigenvalue weighted by molar-refractivity contribution is -0.167. The molecule has 4 rings (SSSR count). The maximum absolute atomic E-state index is 13.1. The van der Waals surface area contributed by atoms with E-state index in [0.29, 0.717) is 16.8 Å².